The highest BCUT2D eigenvalue weighted by Crippen LogP contribution is 2.37. The molecule has 2 aromatic rings. The molecular weight excluding hydrogens is 531 g/mol. The minimum absolute atomic E-state index is 0.0604. The van der Waals surface area contributed by atoms with Crippen LogP contribution >= 0.6 is 15.9 Å². The van der Waals surface area contributed by atoms with Gasteiger partial charge in [0.1, 0.15) is 18.2 Å². The normalized spacial score (nSPS) is 14.4. The molecule has 1 aliphatic rings. The average Bonchev–Trinajstić information content (AvgIpc) is 2.75. The van der Waals surface area contributed by atoms with E-state index in [1.807, 2.05) is 0 Å². The Labute approximate surface area is 199 Å². The summed E-state index contributed by atoms with van der Waals surface area (Å²) in [6.07, 6.45) is -4.05. The van der Waals surface area contributed by atoms with Crippen molar-refractivity contribution in [2.24, 2.45) is 0 Å². The van der Waals surface area contributed by atoms with Gasteiger partial charge >= 0.3 is 18.2 Å². The molecule has 15 heteroatoms. The Morgan fingerprint density at radius 3 is 2.62 bits per heavy atom. The first-order chi connectivity index (χ1) is 16.1. The summed E-state index contributed by atoms with van der Waals surface area (Å²) in [6.45, 7) is 2.50. The number of ether oxygens (including phenoxy) is 3. The summed E-state index contributed by atoms with van der Waals surface area (Å²) in [5.41, 5.74) is -0.182. The van der Waals surface area contributed by atoms with E-state index in [0.717, 1.165) is 18.5 Å². The number of anilines is 3. The van der Waals surface area contributed by atoms with Crippen molar-refractivity contribution >= 4 is 45.1 Å². The average molecular weight is 550 g/mol. The molecule has 11 nitrogen and oxygen atoms in total. The fraction of sp³-hybridized carbons (Fsp3) is 0.421. The molecule has 184 valence electrons. The van der Waals surface area contributed by atoms with Crippen LogP contribution in [0.5, 0.6) is 5.75 Å². The molecule has 0 radical (unpaired) electrons. The highest BCUT2D eigenvalue weighted by molar-refractivity contribution is 9.10. The van der Waals surface area contributed by atoms with E-state index in [0.29, 0.717) is 25.9 Å². The summed E-state index contributed by atoms with van der Waals surface area (Å²) in [5.74, 6) is -0.550. The zero-order valence-electron chi connectivity index (χ0n) is 17.7. The summed E-state index contributed by atoms with van der Waals surface area (Å²) in [4.78, 5) is 32.4. The van der Waals surface area contributed by atoms with Crippen LogP contribution in [-0.2, 0) is 9.47 Å². The smallest absolute Gasteiger partial charge is 0.435 e. The van der Waals surface area contributed by atoms with Crippen LogP contribution < -0.4 is 15.0 Å². The monoisotopic (exact) mass is 549 g/mol. The molecule has 3 rings (SSSR count). The van der Waals surface area contributed by atoms with Crippen molar-refractivity contribution in [1.29, 1.82) is 0 Å². The summed E-state index contributed by atoms with van der Waals surface area (Å²) in [6, 6.07) is 3.38. The van der Waals surface area contributed by atoms with Gasteiger partial charge in [0.05, 0.1) is 17.2 Å². The molecule has 1 aromatic heterocycles. The topological polar surface area (TPSA) is 129 Å². The minimum atomic E-state index is -4.86. The highest BCUT2D eigenvalue weighted by Gasteiger charge is 2.32. The number of hydrogen-bond acceptors (Lipinski definition) is 10. The minimum Gasteiger partial charge on any atom is -0.435 e. The van der Waals surface area contributed by atoms with Crippen LogP contribution in [0, 0.1) is 10.1 Å². The maximum Gasteiger partial charge on any atom is 0.573 e. The molecule has 1 saturated heterocycles. The lowest BCUT2D eigenvalue weighted by atomic mass is 10.1. The zero-order valence-corrected chi connectivity index (χ0v) is 19.3. The maximum atomic E-state index is 12.4. The Kier molecular flexibility index (Phi) is 7.96. The fourth-order valence-corrected chi connectivity index (χ4v) is 3.71. The van der Waals surface area contributed by atoms with Crippen LogP contribution in [0.15, 0.2) is 29.0 Å². The van der Waals surface area contributed by atoms with Gasteiger partial charge in [0, 0.05) is 30.4 Å². The first kappa shape index (κ1) is 25.3. The van der Waals surface area contributed by atoms with Crippen molar-refractivity contribution in [1.82, 2.24) is 9.97 Å². The number of hydrogen-bond donors (Lipinski definition) is 1. The van der Waals surface area contributed by atoms with Gasteiger partial charge in [0.15, 0.2) is 0 Å². The van der Waals surface area contributed by atoms with Crippen molar-refractivity contribution in [3.63, 3.8) is 0 Å². The number of alkyl halides is 3. The van der Waals surface area contributed by atoms with Crippen molar-refractivity contribution in [3.8, 4) is 5.75 Å². The molecule has 1 aliphatic heterocycles. The van der Waals surface area contributed by atoms with E-state index in [-0.39, 0.29) is 34.5 Å². The van der Waals surface area contributed by atoms with Gasteiger partial charge in [-0.05, 0) is 41.1 Å². The zero-order chi connectivity index (χ0) is 24.9. The van der Waals surface area contributed by atoms with Crippen LogP contribution in [0.3, 0.4) is 0 Å². The predicted octanol–water partition coefficient (Wildman–Crippen LogP) is 4.93. The molecule has 0 aliphatic carbocycles. The molecule has 0 atom stereocenters. The summed E-state index contributed by atoms with van der Waals surface area (Å²) in [7, 11) is 0. The SMILES string of the molecule is CCOC(=O)OC1CCN(c2ncnc(Nc3ccc(OC(F)(F)F)cc3Br)c2[N+](=O)[O-])CC1. The van der Waals surface area contributed by atoms with Gasteiger partial charge in [-0.1, -0.05) is 0 Å². The first-order valence-corrected chi connectivity index (χ1v) is 10.8. The Morgan fingerprint density at radius 1 is 1.32 bits per heavy atom. The van der Waals surface area contributed by atoms with Gasteiger partial charge in [-0.15, -0.1) is 13.2 Å². The number of rotatable bonds is 7. The van der Waals surface area contributed by atoms with E-state index in [4.69, 9.17) is 9.47 Å². The number of halogens is 4. The third kappa shape index (κ3) is 6.59. The molecule has 0 spiro atoms. The van der Waals surface area contributed by atoms with Crippen molar-refractivity contribution < 1.29 is 37.1 Å². The Bertz CT molecular complexity index is 1050. The van der Waals surface area contributed by atoms with Crippen LogP contribution in [0.1, 0.15) is 19.8 Å². The van der Waals surface area contributed by atoms with Gasteiger partial charge < -0.3 is 24.4 Å². The van der Waals surface area contributed by atoms with Crippen LogP contribution in [-0.4, -0.2) is 53.2 Å². The lowest BCUT2D eigenvalue weighted by Crippen LogP contribution is -2.38. The van der Waals surface area contributed by atoms with Crippen molar-refractivity contribution in [2.75, 3.05) is 29.9 Å². The van der Waals surface area contributed by atoms with Gasteiger partial charge in [-0.3, -0.25) is 10.1 Å². The lowest BCUT2D eigenvalue weighted by Gasteiger charge is -2.31. The molecule has 2 heterocycles. The lowest BCUT2D eigenvalue weighted by molar-refractivity contribution is -0.383. The van der Waals surface area contributed by atoms with Gasteiger partial charge in [0.25, 0.3) is 0 Å². The first-order valence-electron chi connectivity index (χ1n) is 9.97. The summed E-state index contributed by atoms with van der Waals surface area (Å²) >= 11 is 3.12. The van der Waals surface area contributed by atoms with E-state index in [1.165, 1.54) is 6.07 Å². The number of piperidine rings is 1. The molecule has 1 fully saturated rings. The van der Waals surface area contributed by atoms with Crippen LogP contribution in [0.25, 0.3) is 0 Å². The number of carbonyl (C=O) groups is 1. The van der Waals surface area contributed by atoms with Crippen LogP contribution in [0.4, 0.5) is 41.0 Å². The maximum absolute atomic E-state index is 12.4. The second kappa shape index (κ2) is 10.7. The summed E-state index contributed by atoms with van der Waals surface area (Å²) < 4.78 is 51.3. The quantitative estimate of drug-likeness (QED) is 0.288. The third-order valence-electron chi connectivity index (χ3n) is 4.68. The second-order valence-corrected chi connectivity index (χ2v) is 7.81. The van der Waals surface area contributed by atoms with E-state index >= 15 is 0 Å². The summed E-state index contributed by atoms with van der Waals surface area (Å²) in [5, 5.41) is 14.6. The predicted molar refractivity (Wildman–Crippen MR) is 116 cm³/mol. The number of benzene rings is 1. The van der Waals surface area contributed by atoms with E-state index in [1.54, 1.807) is 11.8 Å². The number of nitrogens with zero attached hydrogens (tertiary/aromatic N) is 4. The standard InChI is InChI=1S/C19H19BrF3N5O6/c1-2-32-18(29)33-11-5-7-27(8-6-11)17-15(28(30)31)16(24-10-25-17)26-14-4-3-12(9-13(14)20)34-19(21,22)23/h3-4,9-11H,2,5-8H2,1H3,(H,24,25,26). The number of aromatic nitrogens is 2. The van der Waals surface area contributed by atoms with E-state index in [2.05, 4.69) is 36.0 Å². The Morgan fingerprint density at radius 2 is 2.03 bits per heavy atom. The van der Waals surface area contributed by atoms with Crippen molar-refractivity contribution in [2.45, 2.75) is 32.2 Å². The molecular formula is C19H19BrF3N5O6. The molecule has 0 saturated carbocycles. The van der Waals surface area contributed by atoms with E-state index in [9.17, 15) is 28.1 Å². The number of nitrogens with one attached hydrogen (secondary N) is 1. The molecule has 1 N–H and O–H groups in total. The molecule has 34 heavy (non-hydrogen) atoms. The van der Waals surface area contributed by atoms with Gasteiger partial charge in [-0.2, -0.15) is 0 Å². The number of carbonyl (C=O) groups excluding carboxylic acids is 1. The number of nitro groups is 1. The molecule has 0 unspecified atom stereocenters. The molecule has 0 bridgehead atoms. The molecule has 1 aromatic carbocycles. The third-order valence-corrected chi connectivity index (χ3v) is 5.34. The largest absolute Gasteiger partial charge is 0.573 e. The second-order valence-electron chi connectivity index (χ2n) is 6.95. The van der Waals surface area contributed by atoms with Crippen LogP contribution in [0.2, 0.25) is 0 Å². The van der Waals surface area contributed by atoms with Crippen molar-refractivity contribution in [3.05, 3.63) is 39.1 Å². The Hall–Kier alpha value is -3.36. The fourth-order valence-electron chi connectivity index (χ4n) is 3.26. The van der Waals surface area contributed by atoms with E-state index < -0.39 is 28.9 Å². The van der Waals surface area contributed by atoms with Gasteiger partial charge in [-0.25, -0.2) is 14.8 Å². The Balaban J connectivity index is 1.78. The van der Waals surface area contributed by atoms with Gasteiger partial charge in [0.2, 0.25) is 11.6 Å². The molecule has 0 amide bonds. The highest BCUT2D eigenvalue weighted by atomic mass is 79.9.